The van der Waals surface area contributed by atoms with Gasteiger partial charge in [0.1, 0.15) is 0 Å². The number of aryl methyl sites for hydroxylation is 1. The van der Waals surface area contributed by atoms with Crippen molar-refractivity contribution in [3.05, 3.63) is 53.6 Å². The number of anilines is 2. The van der Waals surface area contributed by atoms with Crippen LogP contribution in [-0.4, -0.2) is 21.8 Å². The van der Waals surface area contributed by atoms with Gasteiger partial charge in [0.15, 0.2) is 0 Å². The van der Waals surface area contributed by atoms with E-state index >= 15 is 0 Å². The first-order chi connectivity index (χ1) is 11.2. The van der Waals surface area contributed by atoms with E-state index in [0.29, 0.717) is 24.4 Å². The van der Waals surface area contributed by atoms with Gasteiger partial charge in [0.25, 0.3) is 5.91 Å². The maximum atomic E-state index is 12.4. The van der Waals surface area contributed by atoms with Gasteiger partial charge in [-0.2, -0.15) is 0 Å². The first kappa shape index (κ1) is 13.5. The molecule has 1 aromatic heterocycles. The number of rotatable bonds is 2. The zero-order chi connectivity index (χ0) is 15.8. The van der Waals surface area contributed by atoms with Crippen LogP contribution in [0, 0.1) is 0 Å². The van der Waals surface area contributed by atoms with Crippen LogP contribution in [0.4, 0.5) is 11.6 Å². The highest BCUT2D eigenvalue weighted by Gasteiger charge is 2.17. The average Bonchev–Trinajstić information content (AvgIpc) is 2.96. The second-order valence-electron chi connectivity index (χ2n) is 5.48. The number of benzene rings is 2. The predicted octanol–water partition coefficient (Wildman–Crippen LogP) is 2.70. The Balaban J connectivity index is 1.58. The van der Waals surface area contributed by atoms with Gasteiger partial charge in [-0.1, -0.05) is 12.1 Å². The number of imidazole rings is 1. The van der Waals surface area contributed by atoms with Crippen LogP contribution >= 0.6 is 0 Å². The quantitative estimate of drug-likeness (QED) is 0.680. The number of nitrogens with zero attached hydrogens (tertiary/aromatic N) is 1. The van der Waals surface area contributed by atoms with Crippen LogP contribution < -0.4 is 10.6 Å². The molecule has 0 saturated heterocycles. The van der Waals surface area contributed by atoms with Crippen molar-refractivity contribution in [2.45, 2.75) is 12.8 Å². The lowest BCUT2D eigenvalue weighted by Crippen LogP contribution is -2.20. The minimum atomic E-state index is -0.233. The molecule has 6 nitrogen and oxygen atoms in total. The second kappa shape index (κ2) is 5.24. The molecule has 0 spiro atoms. The molecular weight excluding hydrogens is 292 g/mol. The SMILES string of the molecule is O=C1CCc2cc(C(=O)Nc3nc4ccccc4[nH]3)ccc2N1. The summed E-state index contributed by atoms with van der Waals surface area (Å²) in [6, 6.07) is 12.9. The third-order valence-corrected chi connectivity index (χ3v) is 3.88. The molecule has 0 aliphatic carbocycles. The molecule has 0 saturated carbocycles. The van der Waals surface area contributed by atoms with Crippen molar-refractivity contribution in [2.75, 3.05) is 10.6 Å². The Morgan fingerprint density at radius 1 is 1.13 bits per heavy atom. The molecular formula is C17H14N4O2. The molecule has 0 atom stereocenters. The van der Waals surface area contributed by atoms with Crippen molar-refractivity contribution >= 4 is 34.5 Å². The van der Waals surface area contributed by atoms with Crippen molar-refractivity contribution in [3.8, 4) is 0 Å². The van der Waals surface area contributed by atoms with Crippen LogP contribution in [0.25, 0.3) is 11.0 Å². The van der Waals surface area contributed by atoms with Crippen LogP contribution in [0.1, 0.15) is 22.3 Å². The minimum Gasteiger partial charge on any atom is -0.326 e. The highest BCUT2D eigenvalue weighted by atomic mass is 16.2. The Morgan fingerprint density at radius 3 is 2.87 bits per heavy atom. The third-order valence-electron chi connectivity index (χ3n) is 3.88. The van der Waals surface area contributed by atoms with Gasteiger partial charge in [0.2, 0.25) is 11.9 Å². The van der Waals surface area contributed by atoms with Crippen molar-refractivity contribution in [3.63, 3.8) is 0 Å². The average molecular weight is 306 g/mol. The van der Waals surface area contributed by atoms with Crippen LogP contribution in [-0.2, 0) is 11.2 Å². The summed E-state index contributed by atoms with van der Waals surface area (Å²) in [6.07, 6.45) is 1.09. The monoisotopic (exact) mass is 306 g/mol. The predicted molar refractivity (Wildman–Crippen MR) is 87.4 cm³/mol. The molecule has 3 N–H and O–H groups in total. The molecule has 1 aliphatic heterocycles. The molecule has 0 fully saturated rings. The van der Waals surface area contributed by atoms with Gasteiger partial charge in [0.05, 0.1) is 11.0 Å². The molecule has 1 aliphatic rings. The minimum absolute atomic E-state index is 0.0111. The molecule has 4 rings (SSSR count). The number of hydrogen-bond acceptors (Lipinski definition) is 3. The molecule has 0 radical (unpaired) electrons. The van der Waals surface area contributed by atoms with Crippen LogP contribution in [0.2, 0.25) is 0 Å². The first-order valence-corrected chi connectivity index (χ1v) is 7.38. The topological polar surface area (TPSA) is 86.9 Å². The molecule has 23 heavy (non-hydrogen) atoms. The second-order valence-corrected chi connectivity index (χ2v) is 5.48. The molecule has 6 heteroatoms. The number of para-hydroxylation sites is 2. The van der Waals surface area contributed by atoms with Crippen LogP contribution in [0.15, 0.2) is 42.5 Å². The number of hydrogen-bond donors (Lipinski definition) is 3. The van der Waals surface area contributed by atoms with E-state index in [1.54, 1.807) is 12.1 Å². The highest BCUT2D eigenvalue weighted by Crippen LogP contribution is 2.24. The van der Waals surface area contributed by atoms with Crippen molar-refractivity contribution < 1.29 is 9.59 Å². The zero-order valence-electron chi connectivity index (χ0n) is 12.2. The molecule has 2 aromatic carbocycles. The summed E-state index contributed by atoms with van der Waals surface area (Å²) in [6.45, 7) is 0. The molecule has 0 unspecified atom stereocenters. The Hall–Kier alpha value is -3.15. The van der Waals surface area contributed by atoms with Crippen molar-refractivity contribution in [1.82, 2.24) is 9.97 Å². The van der Waals surface area contributed by atoms with Crippen LogP contribution in [0.5, 0.6) is 0 Å². The fraction of sp³-hybridized carbons (Fsp3) is 0.118. The van der Waals surface area contributed by atoms with Gasteiger partial charge >= 0.3 is 0 Å². The summed E-state index contributed by atoms with van der Waals surface area (Å²) >= 11 is 0. The Bertz CT molecular complexity index is 896. The summed E-state index contributed by atoms with van der Waals surface area (Å²) in [4.78, 5) is 31.1. The normalized spacial score (nSPS) is 13.5. The number of carbonyl (C=O) groups is 2. The number of H-pyrrole nitrogens is 1. The smallest absolute Gasteiger partial charge is 0.257 e. The van der Waals surface area contributed by atoms with Gasteiger partial charge in [-0.15, -0.1) is 0 Å². The largest absolute Gasteiger partial charge is 0.326 e. The van der Waals surface area contributed by atoms with E-state index in [2.05, 4.69) is 20.6 Å². The summed E-state index contributed by atoms with van der Waals surface area (Å²) in [5.41, 5.74) is 3.97. The van der Waals surface area contributed by atoms with Gasteiger partial charge in [-0.05, 0) is 42.3 Å². The fourth-order valence-corrected chi connectivity index (χ4v) is 2.72. The maximum absolute atomic E-state index is 12.4. The summed E-state index contributed by atoms with van der Waals surface area (Å²) in [5, 5.41) is 5.57. The van der Waals surface area contributed by atoms with Crippen molar-refractivity contribution in [2.24, 2.45) is 0 Å². The number of aromatic nitrogens is 2. The Kier molecular flexibility index (Phi) is 3.08. The zero-order valence-corrected chi connectivity index (χ0v) is 12.2. The maximum Gasteiger partial charge on any atom is 0.257 e. The number of amides is 2. The van der Waals surface area contributed by atoms with E-state index < -0.39 is 0 Å². The lowest BCUT2D eigenvalue weighted by atomic mass is 10.0. The third kappa shape index (κ3) is 2.55. The number of nitrogens with one attached hydrogen (secondary N) is 3. The standard InChI is InChI=1S/C17H14N4O2/c22-15-8-6-10-9-11(5-7-12(10)18-15)16(23)21-17-19-13-3-1-2-4-14(13)20-17/h1-5,7,9H,6,8H2,(H,18,22)(H2,19,20,21,23). The highest BCUT2D eigenvalue weighted by molar-refractivity contribution is 6.05. The van der Waals surface area contributed by atoms with Gasteiger partial charge in [-0.3, -0.25) is 14.9 Å². The van der Waals surface area contributed by atoms with Crippen molar-refractivity contribution in [1.29, 1.82) is 0 Å². The van der Waals surface area contributed by atoms with Gasteiger partial charge < -0.3 is 10.3 Å². The van der Waals surface area contributed by atoms with Gasteiger partial charge in [-0.25, -0.2) is 4.98 Å². The van der Waals surface area contributed by atoms with E-state index in [1.807, 2.05) is 30.3 Å². The lowest BCUT2D eigenvalue weighted by molar-refractivity contribution is -0.116. The number of fused-ring (bicyclic) bond motifs is 2. The summed E-state index contributed by atoms with van der Waals surface area (Å²) < 4.78 is 0. The van der Waals surface area contributed by atoms with E-state index in [1.165, 1.54) is 0 Å². The van der Waals surface area contributed by atoms with E-state index in [9.17, 15) is 9.59 Å². The summed E-state index contributed by atoms with van der Waals surface area (Å²) in [7, 11) is 0. The number of aromatic amines is 1. The Labute approximate surface area is 131 Å². The lowest BCUT2D eigenvalue weighted by Gasteiger charge is -2.17. The Morgan fingerprint density at radius 2 is 2.00 bits per heavy atom. The molecule has 0 bridgehead atoms. The fourth-order valence-electron chi connectivity index (χ4n) is 2.72. The molecule has 2 heterocycles. The van der Waals surface area contributed by atoms with E-state index in [-0.39, 0.29) is 11.8 Å². The van der Waals surface area contributed by atoms with Gasteiger partial charge in [0, 0.05) is 17.7 Å². The first-order valence-electron chi connectivity index (χ1n) is 7.38. The van der Waals surface area contributed by atoms with Crippen LogP contribution in [0.3, 0.4) is 0 Å². The molecule has 2 amide bonds. The molecule has 114 valence electrons. The molecule has 3 aromatic rings. The van der Waals surface area contributed by atoms with E-state index in [0.717, 1.165) is 22.3 Å². The summed E-state index contributed by atoms with van der Waals surface area (Å²) in [5.74, 6) is 0.197. The van der Waals surface area contributed by atoms with E-state index in [4.69, 9.17) is 0 Å². The number of carbonyl (C=O) groups excluding carboxylic acids is 2.